The maximum Gasteiger partial charge on any atom is 0.223 e. The molecule has 7 nitrogen and oxygen atoms in total. The van der Waals surface area contributed by atoms with Crippen LogP contribution in [0.15, 0.2) is 24.3 Å². The van der Waals surface area contributed by atoms with Crippen LogP contribution in [0, 0.1) is 29.1 Å². The van der Waals surface area contributed by atoms with Gasteiger partial charge in [-0.15, -0.1) is 0 Å². The molecule has 7 atom stereocenters. The minimum absolute atomic E-state index is 0.00386. The van der Waals surface area contributed by atoms with Gasteiger partial charge in [-0.05, 0) is 66.5 Å². The van der Waals surface area contributed by atoms with Crippen molar-refractivity contribution >= 4 is 15.9 Å². The molecule has 180 valence electrons. The van der Waals surface area contributed by atoms with Crippen molar-refractivity contribution in [3.63, 3.8) is 0 Å². The van der Waals surface area contributed by atoms with Gasteiger partial charge < -0.3 is 15.2 Å². The third-order valence-electron chi connectivity index (χ3n) is 7.93. The second-order valence-corrected chi connectivity index (χ2v) is 11.9. The first-order valence-electron chi connectivity index (χ1n) is 11.5. The minimum atomic E-state index is -3.32. The molecule has 2 aliphatic rings. The van der Waals surface area contributed by atoms with Gasteiger partial charge in [0.05, 0.1) is 19.5 Å². The van der Waals surface area contributed by atoms with Crippen LogP contribution in [0.1, 0.15) is 52.0 Å². The van der Waals surface area contributed by atoms with E-state index >= 15 is 0 Å². The van der Waals surface area contributed by atoms with Crippen LogP contribution in [-0.2, 0) is 21.4 Å². The van der Waals surface area contributed by atoms with Crippen molar-refractivity contribution in [2.45, 2.75) is 65.1 Å². The number of amides is 1. The Morgan fingerprint density at radius 2 is 1.88 bits per heavy atom. The van der Waals surface area contributed by atoms with Crippen LogP contribution >= 0.6 is 0 Å². The number of fused-ring (bicyclic) bond motifs is 1. The Balaban J connectivity index is 1.66. The van der Waals surface area contributed by atoms with Gasteiger partial charge in [0.25, 0.3) is 0 Å². The maximum absolute atomic E-state index is 12.9. The number of aliphatic hydroxyl groups is 1. The van der Waals surface area contributed by atoms with Gasteiger partial charge >= 0.3 is 0 Å². The van der Waals surface area contributed by atoms with Crippen molar-refractivity contribution in [1.29, 1.82) is 0 Å². The fourth-order valence-electron chi connectivity index (χ4n) is 6.02. The Kier molecular flexibility index (Phi) is 7.57. The highest BCUT2D eigenvalue weighted by molar-refractivity contribution is 7.88. The Labute approximate surface area is 192 Å². The molecule has 0 unspecified atom stereocenters. The predicted octanol–water partition coefficient (Wildman–Crippen LogP) is 2.69. The van der Waals surface area contributed by atoms with Gasteiger partial charge in [0, 0.05) is 18.5 Å². The SMILES string of the molecule is COc1ccc(CNC(=O)[C@@H](C)[C@H]2CC[C@]3(C)CC[C@H](NS(C)(=O)=O)[C@H](C)[C@@H]3[C@H]2O)cc1. The van der Waals surface area contributed by atoms with E-state index in [1.807, 2.05) is 38.1 Å². The summed E-state index contributed by atoms with van der Waals surface area (Å²) in [5.41, 5.74) is 0.948. The normalized spacial score (nSPS) is 33.8. The molecule has 0 saturated heterocycles. The largest absolute Gasteiger partial charge is 0.497 e. The molecule has 3 N–H and O–H groups in total. The summed E-state index contributed by atoms with van der Waals surface area (Å²) in [5, 5.41) is 14.4. The van der Waals surface area contributed by atoms with Gasteiger partial charge in [-0.25, -0.2) is 13.1 Å². The van der Waals surface area contributed by atoms with Gasteiger partial charge in [-0.2, -0.15) is 0 Å². The zero-order valence-corrected chi connectivity index (χ0v) is 20.6. The van der Waals surface area contributed by atoms with Gasteiger partial charge in [-0.1, -0.05) is 32.9 Å². The number of ether oxygens (including phenoxy) is 1. The Morgan fingerprint density at radius 3 is 2.47 bits per heavy atom. The van der Waals surface area contributed by atoms with Crippen LogP contribution in [0.25, 0.3) is 0 Å². The first kappa shape index (κ1) is 25.0. The molecular formula is C24H38N2O5S. The predicted molar refractivity (Wildman–Crippen MR) is 124 cm³/mol. The van der Waals surface area contributed by atoms with Gasteiger partial charge in [-0.3, -0.25) is 4.79 Å². The minimum Gasteiger partial charge on any atom is -0.497 e. The van der Waals surface area contributed by atoms with Crippen LogP contribution in [0.2, 0.25) is 0 Å². The fourth-order valence-corrected chi connectivity index (χ4v) is 6.91. The topological polar surface area (TPSA) is 105 Å². The van der Waals surface area contributed by atoms with E-state index in [0.717, 1.165) is 37.0 Å². The molecule has 0 spiro atoms. The quantitative estimate of drug-likeness (QED) is 0.573. The van der Waals surface area contributed by atoms with E-state index in [4.69, 9.17) is 4.74 Å². The molecule has 8 heteroatoms. The van der Waals surface area contributed by atoms with Crippen molar-refractivity contribution in [2.24, 2.45) is 29.1 Å². The van der Waals surface area contributed by atoms with E-state index in [1.54, 1.807) is 7.11 Å². The molecule has 2 aliphatic carbocycles. The van der Waals surface area contributed by atoms with Crippen LogP contribution in [0.5, 0.6) is 5.75 Å². The maximum atomic E-state index is 12.9. The number of sulfonamides is 1. The lowest BCUT2D eigenvalue weighted by atomic mass is 9.52. The molecule has 0 bridgehead atoms. The summed E-state index contributed by atoms with van der Waals surface area (Å²) >= 11 is 0. The van der Waals surface area contributed by atoms with Gasteiger partial charge in [0.2, 0.25) is 15.9 Å². The molecule has 1 amide bonds. The van der Waals surface area contributed by atoms with Crippen molar-refractivity contribution in [3.8, 4) is 5.75 Å². The number of carbonyl (C=O) groups is 1. The number of hydrogen-bond acceptors (Lipinski definition) is 5. The highest BCUT2D eigenvalue weighted by Crippen LogP contribution is 2.55. The molecule has 32 heavy (non-hydrogen) atoms. The van der Waals surface area contributed by atoms with E-state index in [2.05, 4.69) is 17.0 Å². The third-order valence-corrected chi connectivity index (χ3v) is 8.67. The molecule has 1 aromatic carbocycles. The molecule has 0 aliphatic heterocycles. The van der Waals surface area contributed by atoms with E-state index in [1.165, 1.54) is 6.26 Å². The van der Waals surface area contributed by atoms with Crippen molar-refractivity contribution < 1.29 is 23.1 Å². The molecule has 3 rings (SSSR count). The molecule has 0 radical (unpaired) electrons. The average molecular weight is 467 g/mol. The average Bonchev–Trinajstić information content (AvgIpc) is 2.73. The smallest absolute Gasteiger partial charge is 0.223 e. The second kappa shape index (κ2) is 9.69. The molecule has 0 heterocycles. The first-order valence-corrected chi connectivity index (χ1v) is 13.4. The van der Waals surface area contributed by atoms with E-state index < -0.39 is 16.1 Å². The lowest BCUT2D eigenvalue weighted by Crippen LogP contribution is -2.58. The Bertz CT molecular complexity index is 903. The highest BCUT2D eigenvalue weighted by atomic mass is 32.2. The summed E-state index contributed by atoms with van der Waals surface area (Å²) in [7, 11) is -1.70. The summed E-state index contributed by atoms with van der Waals surface area (Å²) in [6, 6.07) is 7.38. The zero-order chi connectivity index (χ0) is 23.7. The fraction of sp³-hybridized carbons (Fsp3) is 0.708. The second-order valence-electron chi connectivity index (χ2n) is 10.1. The Hall–Kier alpha value is -1.64. The number of nitrogens with one attached hydrogen (secondary N) is 2. The number of methoxy groups -OCH3 is 1. The summed E-state index contributed by atoms with van der Waals surface area (Å²) in [5.74, 6) is 0.170. The Morgan fingerprint density at radius 1 is 1.25 bits per heavy atom. The van der Waals surface area contributed by atoms with Gasteiger partial charge in [0.15, 0.2) is 0 Å². The molecule has 0 aromatic heterocycles. The number of benzene rings is 1. The lowest BCUT2D eigenvalue weighted by Gasteiger charge is -2.56. The third kappa shape index (κ3) is 5.46. The number of aliphatic hydroxyl groups excluding tert-OH is 1. The van der Waals surface area contributed by atoms with Crippen LogP contribution < -0.4 is 14.8 Å². The van der Waals surface area contributed by atoms with E-state index in [0.29, 0.717) is 6.54 Å². The summed E-state index contributed by atoms with van der Waals surface area (Å²) in [6.45, 7) is 6.55. The molecule has 2 fully saturated rings. The van der Waals surface area contributed by atoms with Crippen LogP contribution in [-0.4, -0.2) is 44.9 Å². The van der Waals surface area contributed by atoms with Crippen molar-refractivity contribution in [2.75, 3.05) is 13.4 Å². The number of carbonyl (C=O) groups excluding carboxylic acids is 1. The van der Waals surface area contributed by atoms with E-state index in [-0.39, 0.29) is 41.0 Å². The van der Waals surface area contributed by atoms with Crippen LogP contribution in [0.3, 0.4) is 0 Å². The standard InChI is InChI=1S/C24H38N2O5S/c1-15(23(28)25-14-17-6-8-18(31-4)9-7-17)19-10-12-24(3)13-11-20(26-32(5,29)30)16(2)21(24)22(19)27/h6-9,15-16,19-22,26-27H,10-14H2,1-5H3,(H,25,28)/t15-,16-,19+,20-,21+,22-,24+/m0/s1. The van der Waals surface area contributed by atoms with Crippen molar-refractivity contribution in [3.05, 3.63) is 29.8 Å². The van der Waals surface area contributed by atoms with E-state index in [9.17, 15) is 18.3 Å². The lowest BCUT2D eigenvalue weighted by molar-refractivity contribution is -0.141. The molecule has 1 aromatic rings. The number of rotatable bonds is 7. The zero-order valence-electron chi connectivity index (χ0n) is 19.8. The molecule has 2 saturated carbocycles. The summed E-state index contributed by atoms with van der Waals surface area (Å²) in [4.78, 5) is 12.9. The van der Waals surface area contributed by atoms with Crippen LogP contribution in [0.4, 0.5) is 0 Å². The summed E-state index contributed by atoms with van der Waals surface area (Å²) in [6.07, 6.45) is 3.92. The first-order chi connectivity index (χ1) is 14.9. The molecular weight excluding hydrogens is 428 g/mol. The summed E-state index contributed by atoms with van der Waals surface area (Å²) < 4.78 is 31.6. The van der Waals surface area contributed by atoms with Gasteiger partial charge in [0.1, 0.15) is 5.75 Å². The monoisotopic (exact) mass is 466 g/mol. The number of hydrogen-bond donors (Lipinski definition) is 3. The highest BCUT2D eigenvalue weighted by Gasteiger charge is 2.53. The van der Waals surface area contributed by atoms with Crippen molar-refractivity contribution in [1.82, 2.24) is 10.0 Å².